The highest BCUT2D eigenvalue weighted by Crippen LogP contribution is 2.51. The van der Waals surface area contributed by atoms with Gasteiger partial charge in [0.1, 0.15) is 5.75 Å². The Hall–Kier alpha value is -1.77. The molecule has 1 aromatic rings. The highest BCUT2D eigenvalue weighted by molar-refractivity contribution is 5.95. The van der Waals surface area contributed by atoms with E-state index >= 15 is 0 Å². The van der Waals surface area contributed by atoms with Gasteiger partial charge in [0.25, 0.3) is 0 Å². The van der Waals surface area contributed by atoms with E-state index in [4.69, 9.17) is 4.74 Å². The maximum Gasteiger partial charge on any atom is 0.228 e. The molecule has 1 saturated carbocycles. The molecule has 1 N–H and O–H groups in total. The number of anilines is 1. The molecule has 3 nitrogen and oxygen atoms in total. The number of hydrogen-bond acceptors (Lipinski definition) is 2. The van der Waals surface area contributed by atoms with Gasteiger partial charge in [0.05, 0.1) is 6.61 Å². The molecule has 3 rings (SSSR count). The van der Waals surface area contributed by atoms with Gasteiger partial charge >= 0.3 is 0 Å². The largest absolute Gasteiger partial charge is 0.494 e. The molecule has 112 valence electrons. The van der Waals surface area contributed by atoms with Crippen LogP contribution in [0.2, 0.25) is 0 Å². The first-order valence-corrected chi connectivity index (χ1v) is 8.00. The smallest absolute Gasteiger partial charge is 0.228 e. The van der Waals surface area contributed by atoms with Crippen LogP contribution in [-0.4, -0.2) is 12.5 Å². The molecule has 1 amide bonds. The fourth-order valence-corrected chi connectivity index (χ4v) is 3.33. The van der Waals surface area contributed by atoms with Crippen LogP contribution in [0.1, 0.15) is 32.6 Å². The fraction of sp³-hybridized carbons (Fsp3) is 0.500. The molecule has 3 heteroatoms. The Morgan fingerprint density at radius 1 is 1.29 bits per heavy atom. The number of benzene rings is 1. The molecule has 0 spiro atoms. The highest BCUT2D eigenvalue weighted by Gasteiger charge is 2.52. The van der Waals surface area contributed by atoms with Gasteiger partial charge in [-0.1, -0.05) is 18.6 Å². The van der Waals surface area contributed by atoms with Gasteiger partial charge in [-0.3, -0.25) is 4.79 Å². The number of carbonyl (C=O) groups is 1. The van der Waals surface area contributed by atoms with Crippen molar-refractivity contribution in [3.8, 4) is 5.75 Å². The van der Waals surface area contributed by atoms with E-state index in [0.717, 1.165) is 17.9 Å². The lowest BCUT2D eigenvalue weighted by Crippen LogP contribution is -2.15. The molecule has 0 heterocycles. The maximum atomic E-state index is 12.4. The second-order valence-corrected chi connectivity index (χ2v) is 5.93. The van der Waals surface area contributed by atoms with Gasteiger partial charge in [0.2, 0.25) is 5.91 Å². The Bertz CT molecular complexity index is 521. The monoisotopic (exact) mass is 285 g/mol. The van der Waals surface area contributed by atoms with Crippen LogP contribution in [0.3, 0.4) is 0 Å². The van der Waals surface area contributed by atoms with E-state index in [1.54, 1.807) is 0 Å². The van der Waals surface area contributed by atoms with Crippen molar-refractivity contribution in [2.24, 2.45) is 17.8 Å². The van der Waals surface area contributed by atoms with Gasteiger partial charge in [-0.25, -0.2) is 0 Å². The molecule has 2 aliphatic carbocycles. The van der Waals surface area contributed by atoms with Crippen LogP contribution in [0.15, 0.2) is 36.4 Å². The third-order valence-corrected chi connectivity index (χ3v) is 4.48. The number of carbonyl (C=O) groups excluding carboxylic acids is 1. The van der Waals surface area contributed by atoms with Crippen LogP contribution in [0.4, 0.5) is 5.69 Å². The summed E-state index contributed by atoms with van der Waals surface area (Å²) in [6, 6.07) is 7.61. The summed E-state index contributed by atoms with van der Waals surface area (Å²) in [7, 11) is 0. The summed E-state index contributed by atoms with van der Waals surface area (Å²) in [6.07, 6.45) is 9.37. The average Bonchev–Trinajstić information content (AvgIpc) is 3.12. The second kappa shape index (κ2) is 6.33. The van der Waals surface area contributed by atoms with Gasteiger partial charge in [-0.05, 0) is 62.3 Å². The summed E-state index contributed by atoms with van der Waals surface area (Å²) in [5.41, 5.74) is 0.853. The number of fused-ring (bicyclic) bond motifs is 1. The zero-order valence-electron chi connectivity index (χ0n) is 12.5. The van der Waals surface area contributed by atoms with Crippen LogP contribution >= 0.6 is 0 Å². The van der Waals surface area contributed by atoms with E-state index < -0.39 is 0 Å². The molecular formula is C18H23NO2. The van der Waals surface area contributed by atoms with E-state index in [1.165, 1.54) is 19.3 Å². The quantitative estimate of drug-likeness (QED) is 0.849. The van der Waals surface area contributed by atoms with Crippen molar-refractivity contribution in [1.82, 2.24) is 0 Å². The zero-order chi connectivity index (χ0) is 14.7. The molecule has 1 aromatic carbocycles. The van der Waals surface area contributed by atoms with Crippen molar-refractivity contribution in [3.05, 3.63) is 36.4 Å². The maximum absolute atomic E-state index is 12.4. The number of ether oxygens (including phenoxy) is 1. The van der Waals surface area contributed by atoms with Crippen molar-refractivity contribution < 1.29 is 9.53 Å². The highest BCUT2D eigenvalue weighted by atomic mass is 16.5. The Balaban J connectivity index is 1.59. The predicted octanol–water partition coefficient (Wildman–Crippen LogP) is 4.02. The predicted molar refractivity (Wildman–Crippen MR) is 84.3 cm³/mol. The third-order valence-electron chi connectivity index (χ3n) is 4.48. The van der Waals surface area contributed by atoms with Crippen LogP contribution < -0.4 is 10.1 Å². The van der Waals surface area contributed by atoms with E-state index in [1.807, 2.05) is 31.2 Å². The van der Waals surface area contributed by atoms with Gasteiger partial charge < -0.3 is 10.1 Å². The number of nitrogens with one attached hydrogen (secondary N) is 1. The van der Waals surface area contributed by atoms with Gasteiger partial charge in [0, 0.05) is 11.6 Å². The first-order chi connectivity index (χ1) is 10.3. The van der Waals surface area contributed by atoms with Crippen LogP contribution in [0, 0.1) is 17.8 Å². The van der Waals surface area contributed by atoms with Gasteiger partial charge in [0.15, 0.2) is 0 Å². The summed E-state index contributed by atoms with van der Waals surface area (Å²) in [4.78, 5) is 12.4. The Kier molecular flexibility index (Phi) is 4.28. The lowest BCUT2D eigenvalue weighted by atomic mass is 10.1. The second-order valence-electron chi connectivity index (χ2n) is 5.93. The van der Waals surface area contributed by atoms with Crippen molar-refractivity contribution in [2.75, 3.05) is 11.9 Å². The summed E-state index contributed by atoms with van der Waals surface area (Å²) in [6.45, 7) is 2.62. The Morgan fingerprint density at radius 3 is 2.86 bits per heavy atom. The SMILES string of the molecule is CCOc1ccc(NC(=O)[C@@H]2[C@H]3C=CCCCC[C@@H]32)cc1. The third kappa shape index (κ3) is 3.29. The van der Waals surface area contributed by atoms with Crippen LogP contribution in [0.5, 0.6) is 5.75 Å². The molecule has 1 fully saturated rings. The number of rotatable bonds is 4. The first kappa shape index (κ1) is 14.2. The summed E-state index contributed by atoms with van der Waals surface area (Å²) >= 11 is 0. The van der Waals surface area contributed by atoms with Crippen molar-refractivity contribution in [1.29, 1.82) is 0 Å². The minimum atomic E-state index is 0.167. The minimum absolute atomic E-state index is 0.167. The molecule has 0 saturated heterocycles. The standard InChI is InChI=1S/C18H23NO2/c1-2-21-14-11-9-13(10-12-14)19-18(20)17-15-7-5-3-4-6-8-16(15)17/h5,7,9-12,15-17H,2-4,6,8H2,1H3,(H,19,20)/t15-,16-,17+/m0/s1. The molecule has 21 heavy (non-hydrogen) atoms. The lowest BCUT2D eigenvalue weighted by molar-refractivity contribution is -0.117. The summed E-state index contributed by atoms with van der Waals surface area (Å²) in [5.74, 6) is 2.20. The number of amides is 1. The van der Waals surface area contributed by atoms with Crippen molar-refractivity contribution in [2.45, 2.75) is 32.6 Å². The molecule has 0 radical (unpaired) electrons. The Labute approximate surface area is 126 Å². The zero-order valence-corrected chi connectivity index (χ0v) is 12.5. The van der Waals surface area contributed by atoms with E-state index in [2.05, 4.69) is 17.5 Å². The summed E-state index contributed by atoms with van der Waals surface area (Å²) < 4.78 is 5.41. The van der Waals surface area contributed by atoms with E-state index in [0.29, 0.717) is 18.4 Å². The average molecular weight is 285 g/mol. The summed E-state index contributed by atoms with van der Waals surface area (Å²) in [5, 5.41) is 3.04. The first-order valence-electron chi connectivity index (χ1n) is 8.00. The Morgan fingerprint density at radius 2 is 2.10 bits per heavy atom. The molecule has 0 aliphatic heterocycles. The lowest BCUT2D eigenvalue weighted by Gasteiger charge is -2.07. The van der Waals surface area contributed by atoms with Crippen molar-refractivity contribution >= 4 is 11.6 Å². The molecule has 0 aromatic heterocycles. The van der Waals surface area contributed by atoms with E-state index in [9.17, 15) is 4.79 Å². The molecule has 0 unspecified atom stereocenters. The van der Waals surface area contributed by atoms with Crippen LogP contribution in [0.25, 0.3) is 0 Å². The molecule has 2 aliphatic rings. The number of hydrogen-bond donors (Lipinski definition) is 1. The van der Waals surface area contributed by atoms with E-state index in [-0.39, 0.29) is 11.8 Å². The number of allylic oxidation sites excluding steroid dienone is 2. The molecule has 0 bridgehead atoms. The normalized spacial score (nSPS) is 27.2. The van der Waals surface area contributed by atoms with Crippen molar-refractivity contribution in [3.63, 3.8) is 0 Å². The fourth-order valence-electron chi connectivity index (χ4n) is 3.33. The topological polar surface area (TPSA) is 38.3 Å². The minimum Gasteiger partial charge on any atom is -0.494 e. The van der Waals surface area contributed by atoms with Gasteiger partial charge in [-0.2, -0.15) is 0 Å². The van der Waals surface area contributed by atoms with Crippen LogP contribution in [-0.2, 0) is 4.79 Å². The molecule has 3 atom stereocenters. The molecular weight excluding hydrogens is 262 g/mol. The van der Waals surface area contributed by atoms with Gasteiger partial charge in [-0.15, -0.1) is 0 Å².